The number of carbonyl (C=O) groups excluding carboxylic acids is 1. The molecule has 0 aromatic carbocycles. The van der Waals surface area contributed by atoms with Gasteiger partial charge in [0.15, 0.2) is 5.76 Å². The molecule has 0 amide bonds. The minimum absolute atomic E-state index is 0.0102. The molecule has 0 N–H and O–H groups in total. The summed E-state index contributed by atoms with van der Waals surface area (Å²) in [6.45, 7) is 1.99. The van der Waals surface area contributed by atoms with Gasteiger partial charge in [-0.3, -0.25) is 4.79 Å². The molecule has 0 aromatic rings. The Morgan fingerprint density at radius 1 is 1.12 bits per heavy atom. The van der Waals surface area contributed by atoms with Gasteiger partial charge in [0, 0.05) is 44.5 Å². The van der Waals surface area contributed by atoms with Crippen LogP contribution in [0.4, 0.5) is 0 Å². The van der Waals surface area contributed by atoms with E-state index in [1.807, 2.05) is 13.2 Å². The first kappa shape index (κ1) is 16.9. The third-order valence-corrected chi connectivity index (χ3v) is 6.41. The van der Waals surface area contributed by atoms with Crippen molar-refractivity contribution in [3.05, 3.63) is 34.8 Å². The zero-order valence-electron chi connectivity index (χ0n) is 15.3. The van der Waals surface area contributed by atoms with Gasteiger partial charge in [-0.2, -0.15) is 0 Å². The average molecular weight is 345 g/mol. The molecule has 5 nitrogen and oxygen atoms in total. The fraction of sp³-hybridized carbons (Fsp3) is 0.650. The van der Waals surface area contributed by atoms with Crippen molar-refractivity contribution in [3.8, 4) is 0 Å². The van der Waals surface area contributed by atoms with Crippen LogP contribution in [0.1, 0.15) is 25.7 Å². The lowest BCUT2D eigenvalue weighted by molar-refractivity contribution is -0.117. The maximum Gasteiger partial charge on any atom is 0.220 e. The van der Waals surface area contributed by atoms with Crippen molar-refractivity contribution in [1.29, 1.82) is 0 Å². The first-order valence-electron chi connectivity index (χ1n) is 9.21. The standard InChI is InChI=1S/C20H27NO4/c1-23-18-5-4-12-8-16-14-10-19(24-2)17(22)9-13(14)6-7-21(16)11-15(12)20(18)25-3/h9-10,12,15,18,20H,4-8,11H2,1-3H3. The Kier molecular flexibility index (Phi) is 4.46. The maximum atomic E-state index is 12.1. The highest BCUT2D eigenvalue weighted by Gasteiger charge is 2.45. The lowest BCUT2D eigenvalue weighted by atomic mass is 9.69. The summed E-state index contributed by atoms with van der Waals surface area (Å²) in [7, 11) is 5.17. The van der Waals surface area contributed by atoms with E-state index in [0.29, 0.717) is 17.6 Å². The molecule has 2 aliphatic heterocycles. The number of allylic oxidation sites excluding steroid dienone is 4. The van der Waals surface area contributed by atoms with E-state index in [-0.39, 0.29) is 18.0 Å². The van der Waals surface area contributed by atoms with Gasteiger partial charge in [0.25, 0.3) is 0 Å². The van der Waals surface area contributed by atoms with E-state index in [9.17, 15) is 4.79 Å². The normalized spacial score (nSPS) is 34.7. The van der Waals surface area contributed by atoms with Crippen LogP contribution in [0.15, 0.2) is 34.8 Å². The van der Waals surface area contributed by atoms with Crippen molar-refractivity contribution in [3.63, 3.8) is 0 Å². The van der Waals surface area contributed by atoms with Crippen LogP contribution < -0.4 is 0 Å². The Morgan fingerprint density at radius 3 is 2.68 bits per heavy atom. The summed E-state index contributed by atoms with van der Waals surface area (Å²) in [6.07, 6.45) is 8.29. The second-order valence-electron chi connectivity index (χ2n) is 7.48. The fourth-order valence-corrected chi connectivity index (χ4v) is 5.13. The summed E-state index contributed by atoms with van der Waals surface area (Å²) in [6, 6.07) is 0. The summed E-state index contributed by atoms with van der Waals surface area (Å²) in [5, 5.41) is 0. The van der Waals surface area contributed by atoms with Gasteiger partial charge in [0.2, 0.25) is 5.78 Å². The van der Waals surface area contributed by atoms with Crippen molar-refractivity contribution in [2.75, 3.05) is 34.4 Å². The van der Waals surface area contributed by atoms with Crippen LogP contribution in [-0.2, 0) is 19.0 Å². The number of hydrogen-bond donors (Lipinski definition) is 0. The molecule has 25 heavy (non-hydrogen) atoms. The third kappa shape index (κ3) is 2.74. The fourth-order valence-electron chi connectivity index (χ4n) is 5.13. The number of nitrogens with zero attached hydrogens (tertiary/aromatic N) is 1. The lowest BCUT2D eigenvalue weighted by Crippen LogP contribution is -2.53. The summed E-state index contributed by atoms with van der Waals surface area (Å²) >= 11 is 0. The molecule has 0 aromatic heterocycles. The molecule has 2 fully saturated rings. The Balaban J connectivity index is 1.66. The predicted molar refractivity (Wildman–Crippen MR) is 93.8 cm³/mol. The van der Waals surface area contributed by atoms with Crippen LogP contribution in [0.25, 0.3) is 0 Å². The molecule has 2 heterocycles. The van der Waals surface area contributed by atoms with Gasteiger partial charge in [-0.1, -0.05) is 0 Å². The molecular formula is C20H27NO4. The summed E-state index contributed by atoms with van der Waals surface area (Å²) < 4.78 is 16.8. The first-order valence-corrected chi connectivity index (χ1v) is 9.21. The first-order chi connectivity index (χ1) is 12.2. The molecule has 0 radical (unpaired) electrons. The molecule has 1 saturated carbocycles. The molecule has 5 heteroatoms. The third-order valence-electron chi connectivity index (χ3n) is 6.41. The minimum Gasteiger partial charge on any atom is -0.493 e. The highest BCUT2D eigenvalue weighted by Crippen LogP contribution is 2.46. The highest BCUT2D eigenvalue weighted by atomic mass is 16.5. The van der Waals surface area contributed by atoms with Crippen LogP contribution in [0, 0.1) is 11.8 Å². The molecule has 136 valence electrons. The largest absolute Gasteiger partial charge is 0.493 e. The maximum absolute atomic E-state index is 12.1. The van der Waals surface area contributed by atoms with Crippen molar-refractivity contribution < 1.29 is 19.0 Å². The molecule has 4 unspecified atom stereocenters. The number of piperidine rings is 1. The van der Waals surface area contributed by atoms with E-state index in [0.717, 1.165) is 32.4 Å². The van der Waals surface area contributed by atoms with E-state index in [1.165, 1.54) is 23.3 Å². The Bertz CT molecular complexity index is 663. The van der Waals surface area contributed by atoms with Crippen LogP contribution >= 0.6 is 0 Å². The van der Waals surface area contributed by atoms with Crippen LogP contribution in [0.5, 0.6) is 0 Å². The molecule has 0 bridgehead atoms. The van der Waals surface area contributed by atoms with Crippen LogP contribution in [0.2, 0.25) is 0 Å². The molecular weight excluding hydrogens is 318 g/mol. The van der Waals surface area contributed by atoms with Crippen molar-refractivity contribution in [2.45, 2.75) is 37.9 Å². The van der Waals surface area contributed by atoms with Gasteiger partial charge >= 0.3 is 0 Å². The van der Waals surface area contributed by atoms with Crippen molar-refractivity contribution in [2.24, 2.45) is 11.8 Å². The Hall–Kier alpha value is -1.59. The smallest absolute Gasteiger partial charge is 0.220 e. The van der Waals surface area contributed by atoms with Gasteiger partial charge in [0.05, 0.1) is 19.3 Å². The quantitative estimate of drug-likeness (QED) is 0.786. The number of hydrogen-bond acceptors (Lipinski definition) is 5. The zero-order chi connectivity index (χ0) is 17.6. The van der Waals surface area contributed by atoms with Crippen LogP contribution in [0.3, 0.4) is 0 Å². The number of methoxy groups -OCH3 is 3. The summed E-state index contributed by atoms with van der Waals surface area (Å²) in [5.41, 5.74) is 3.76. The van der Waals surface area contributed by atoms with E-state index in [2.05, 4.69) is 4.90 Å². The molecule has 1 saturated heterocycles. The van der Waals surface area contributed by atoms with Crippen LogP contribution in [-0.4, -0.2) is 57.3 Å². The van der Waals surface area contributed by atoms with Gasteiger partial charge < -0.3 is 19.1 Å². The van der Waals surface area contributed by atoms with E-state index in [4.69, 9.17) is 14.2 Å². The Morgan fingerprint density at radius 2 is 1.96 bits per heavy atom. The number of rotatable bonds is 3. The monoisotopic (exact) mass is 345 g/mol. The van der Waals surface area contributed by atoms with Gasteiger partial charge in [-0.15, -0.1) is 0 Å². The SMILES string of the molecule is COC1=CC2=C3CC4CCC(OC)C(OC)C4CN3CCC2=CC1=O. The molecule has 0 spiro atoms. The average Bonchev–Trinajstić information content (AvgIpc) is 2.64. The summed E-state index contributed by atoms with van der Waals surface area (Å²) in [5.74, 6) is 1.57. The van der Waals surface area contributed by atoms with Gasteiger partial charge in [-0.25, -0.2) is 0 Å². The molecule has 4 rings (SSSR count). The number of ether oxygens (including phenoxy) is 3. The van der Waals surface area contributed by atoms with E-state index < -0.39 is 0 Å². The van der Waals surface area contributed by atoms with Gasteiger partial charge in [-0.05, 0) is 49.3 Å². The van der Waals surface area contributed by atoms with Crippen molar-refractivity contribution >= 4 is 5.78 Å². The predicted octanol–water partition coefficient (Wildman–Crippen LogP) is 2.45. The number of ketones is 1. The lowest BCUT2D eigenvalue weighted by Gasteiger charge is -2.50. The molecule has 2 aliphatic carbocycles. The highest BCUT2D eigenvalue weighted by molar-refractivity contribution is 6.05. The van der Waals surface area contributed by atoms with Crippen molar-refractivity contribution in [1.82, 2.24) is 4.90 Å². The van der Waals surface area contributed by atoms with E-state index in [1.54, 1.807) is 20.3 Å². The second-order valence-corrected chi connectivity index (χ2v) is 7.48. The molecule has 4 aliphatic rings. The van der Waals surface area contributed by atoms with Gasteiger partial charge in [0.1, 0.15) is 0 Å². The number of fused-ring (bicyclic) bond motifs is 3. The Labute approximate surface area is 149 Å². The van der Waals surface area contributed by atoms with E-state index >= 15 is 0 Å². The second kappa shape index (κ2) is 6.61. The minimum atomic E-state index is -0.0102. The zero-order valence-corrected chi connectivity index (χ0v) is 15.3. The number of carbonyl (C=O) groups is 1. The summed E-state index contributed by atoms with van der Waals surface area (Å²) in [4.78, 5) is 14.6. The molecule has 4 atom stereocenters. The topological polar surface area (TPSA) is 48.0 Å².